The van der Waals surface area contributed by atoms with Crippen LogP contribution in [0.4, 0.5) is 18.9 Å². The van der Waals surface area contributed by atoms with E-state index < -0.39 is 17.6 Å². The summed E-state index contributed by atoms with van der Waals surface area (Å²) in [4.78, 5) is 12.2. The molecule has 0 fully saturated rings. The van der Waals surface area contributed by atoms with Gasteiger partial charge in [0.05, 0.1) is 11.1 Å². The van der Waals surface area contributed by atoms with Gasteiger partial charge >= 0.3 is 6.18 Å². The highest BCUT2D eigenvalue weighted by Gasteiger charge is 2.32. The van der Waals surface area contributed by atoms with Crippen molar-refractivity contribution in [2.24, 2.45) is 5.92 Å². The van der Waals surface area contributed by atoms with E-state index in [1.165, 1.54) is 6.07 Å². The van der Waals surface area contributed by atoms with Crippen LogP contribution in [0.1, 0.15) is 43.1 Å². The lowest BCUT2D eigenvalue weighted by atomic mass is 10.00. The Morgan fingerprint density at radius 3 is 2.38 bits per heavy atom. The molecule has 3 nitrogen and oxygen atoms in total. The lowest BCUT2D eigenvalue weighted by Crippen LogP contribution is -2.37. The number of anilines is 1. The van der Waals surface area contributed by atoms with Crippen LogP contribution in [-0.2, 0) is 6.18 Å². The average molecular weight is 302 g/mol. The molecule has 0 spiro atoms. The van der Waals surface area contributed by atoms with Crippen molar-refractivity contribution < 1.29 is 18.0 Å². The van der Waals surface area contributed by atoms with E-state index in [0.717, 1.165) is 18.6 Å². The van der Waals surface area contributed by atoms with Gasteiger partial charge in [-0.3, -0.25) is 4.79 Å². The molecule has 0 aromatic heterocycles. The number of benzene rings is 1. The Morgan fingerprint density at radius 2 is 1.90 bits per heavy atom. The van der Waals surface area contributed by atoms with Gasteiger partial charge in [-0.25, -0.2) is 0 Å². The smallest absolute Gasteiger partial charge is 0.387 e. The summed E-state index contributed by atoms with van der Waals surface area (Å²) in [6.45, 7) is 5.82. The molecule has 0 radical (unpaired) electrons. The zero-order chi connectivity index (χ0) is 16.2. The van der Waals surface area contributed by atoms with E-state index in [1.54, 1.807) is 7.05 Å². The number of amides is 1. The number of carbonyl (C=O) groups is 1. The van der Waals surface area contributed by atoms with Gasteiger partial charge in [-0.05, 0) is 31.0 Å². The standard InChI is InChI=1S/C15H21F3N2O/c1-5-9(2)10(3)20-14(21)12-8-11(15(16,17)18)6-7-13(12)19-4/h6-10,19H,5H2,1-4H3,(H,20,21). The lowest BCUT2D eigenvalue weighted by molar-refractivity contribution is -0.137. The van der Waals surface area contributed by atoms with Gasteiger partial charge in [0.2, 0.25) is 0 Å². The normalized spacial score (nSPS) is 14.4. The van der Waals surface area contributed by atoms with Crippen molar-refractivity contribution in [1.29, 1.82) is 0 Å². The molecule has 1 aromatic rings. The first-order valence-corrected chi connectivity index (χ1v) is 6.90. The van der Waals surface area contributed by atoms with Gasteiger partial charge in [0.1, 0.15) is 0 Å². The molecule has 0 saturated carbocycles. The fourth-order valence-electron chi connectivity index (χ4n) is 1.91. The minimum atomic E-state index is -4.47. The zero-order valence-electron chi connectivity index (χ0n) is 12.6. The molecule has 2 atom stereocenters. The van der Waals surface area contributed by atoms with Crippen molar-refractivity contribution in [3.63, 3.8) is 0 Å². The van der Waals surface area contributed by atoms with Gasteiger partial charge in [0.15, 0.2) is 0 Å². The highest BCUT2D eigenvalue weighted by Crippen LogP contribution is 2.31. The molecule has 1 rings (SSSR count). The van der Waals surface area contributed by atoms with Gasteiger partial charge in [0, 0.05) is 18.8 Å². The average Bonchev–Trinajstić information content (AvgIpc) is 2.44. The predicted molar refractivity (Wildman–Crippen MR) is 77.4 cm³/mol. The Bertz CT molecular complexity index is 500. The molecule has 0 aliphatic heterocycles. The molecule has 1 amide bonds. The second kappa shape index (κ2) is 6.83. The van der Waals surface area contributed by atoms with E-state index in [4.69, 9.17) is 0 Å². The van der Waals surface area contributed by atoms with E-state index in [0.29, 0.717) is 5.69 Å². The van der Waals surface area contributed by atoms with E-state index in [1.807, 2.05) is 20.8 Å². The van der Waals surface area contributed by atoms with Crippen LogP contribution in [0.15, 0.2) is 18.2 Å². The van der Waals surface area contributed by atoms with Gasteiger partial charge in [-0.2, -0.15) is 13.2 Å². The van der Waals surface area contributed by atoms with Crippen LogP contribution in [0.2, 0.25) is 0 Å². The molecular weight excluding hydrogens is 281 g/mol. The van der Waals surface area contributed by atoms with Crippen LogP contribution in [-0.4, -0.2) is 19.0 Å². The summed E-state index contributed by atoms with van der Waals surface area (Å²) in [5.41, 5.74) is -0.456. The third kappa shape index (κ3) is 4.37. The molecule has 2 N–H and O–H groups in total. The molecule has 1 aromatic carbocycles. The Morgan fingerprint density at radius 1 is 1.29 bits per heavy atom. The first-order valence-electron chi connectivity index (χ1n) is 6.90. The summed E-state index contributed by atoms with van der Waals surface area (Å²) >= 11 is 0. The Kier molecular flexibility index (Phi) is 5.63. The maximum Gasteiger partial charge on any atom is 0.416 e. The fourth-order valence-corrected chi connectivity index (χ4v) is 1.91. The second-order valence-corrected chi connectivity index (χ2v) is 5.16. The lowest BCUT2D eigenvalue weighted by Gasteiger charge is -2.21. The SMILES string of the molecule is CCC(C)C(C)NC(=O)c1cc(C(F)(F)F)ccc1NC. The molecule has 0 aliphatic carbocycles. The van der Waals surface area contributed by atoms with Gasteiger partial charge in [-0.15, -0.1) is 0 Å². The van der Waals surface area contributed by atoms with Crippen molar-refractivity contribution in [3.05, 3.63) is 29.3 Å². The molecule has 118 valence electrons. The molecular formula is C15H21F3N2O. The van der Waals surface area contributed by atoms with Gasteiger partial charge in [0.25, 0.3) is 5.91 Å². The molecule has 2 unspecified atom stereocenters. The van der Waals surface area contributed by atoms with E-state index in [9.17, 15) is 18.0 Å². The van der Waals surface area contributed by atoms with Crippen LogP contribution < -0.4 is 10.6 Å². The number of carbonyl (C=O) groups excluding carboxylic acids is 1. The maximum atomic E-state index is 12.8. The summed E-state index contributed by atoms with van der Waals surface area (Å²) in [6.07, 6.45) is -3.59. The van der Waals surface area contributed by atoms with Crippen LogP contribution in [0.3, 0.4) is 0 Å². The number of alkyl halides is 3. The van der Waals surface area contributed by atoms with Crippen molar-refractivity contribution >= 4 is 11.6 Å². The van der Waals surface area contributed by atoms with Crippen LogP contribution >= 0.6 is 0 Å². The van der Waals surface area contributed by atoms with Gasteiger partial charge < -0.3 is 10.6 Å². The van der Waals surface area contributed by atoms with Crippen LogP contribution in [0.25, 0.3) is 0 Å². The number of hydrogen-bond acceptors (Lipinski definition) is 2. The predicted octanol–water partition coefficient (Wildman–Crippen LogP) is 3.91. The summed E-state index contributed by atoms with van der Waals surface area (Å²) in [5, 5.41) is 5.50. The number of rotatable bonds is 5. The molecule has 0 bridgehead atoms. The van der Waals surface area contributed by atoms with Crippen molar-refractivity contribution in [2.75, 3.05) is 12.4 Å². The first-order chi connectivity index (χ1) is 9.70. The largest absolute Gasteiger partial charge is 0.416 e. The quantitative estimate of drug-likeness (QED) is 0.866. The zero-order valence-corrected chi connectivity index (χ0v) is 12.6. The third-order valence-electron chi connectivity index (χ3n) is 3.72. The molecule has 0 aliphatic rings. The maximum absolute atomic E-state index is 12.8. The molecule has 21 heavy (non-hydrogen) atoms. The topological polar surface area (TPSA) is 41.1 Å². The summed E-state index contributed by atoms with van der Waals surface area (Å²) < 4.78 is 38.3. The summed E-state index contributed by atoms with van der Waals surface area (Å²) in [5.74, 6) is -0.254. The molecule has 6 heteroatoms. The molecule has 0 saturated heterocycles. The number of hydrogen-bond donors (Lipinski definition) is 2. The Hall–Kier alpha value is -1.72. The minimum absolute atomic E-state index is 0.00229. The first kappa shape index (κ1) is 17.3. The van der Waals surface area contributed by atoms with Crippen molar-refractivity contribution in [3.8, 4) is 0 Å². The van der Waals surface area contributed by atoms with Gasteiger partial charge in [-0.1, -0.05) is 20.3 Å². The summed E-state index contributed by atoms with van der Waals surface area (Å²) in [7, 11) is 1.57. The third-order valence-corrected chi connectivity index (χ3v) is 3.72. The van der Waals surface area contributed by atoms with E-state index in [-0.39, 0.29) is 17.5 Å². The van der Waals surface area contributed by atoms with Crippen molar-refractivity contribution in [2.45, 2.75) is 39.4 Å². The highest BCUT2D eigenvalue weighted by atomic mass is 19.4. The Balaban J connectivity index is 3.07. The fraction of sp³-hybridized carbons (Fsp3) is 0.533. The Labute approximate surface area is 122 Å². The van der Waals surface area contributed by atoms with E-state index >= 15 is 0 Å². The monoisotopic (exact) mass is 302 g/mol. The van der Waals surface area contributed by atoms with Crippen LogP contribution in [0.5, 0.6) is 0 Å². The second-order valence-electron chi connectivity index (χ2n) is 5.16. The summed E-state index contributed by atoms with van der Waals surface area (Å²) in [6, 6.07) is 3.00. The highest BCUT2D eigenvalue weighted by molar-refractivity contribution is 6.00. The number of nitrogens with one attached hydrogen (secondary N) is 2. The molecule has 0 heterocycles. The minimum Gasteiger partial charge on any atom is -0.387 e. The number of halogens is 3. The van der Waals surface area contributed by atoms with E-state index in [2.05, 4.69) is 10.6 Å². The van der Waals surface area contributed by atoms with Crippen LogP contribution in [0, 0.1) is 5.92 Å². The van der Waals surface area contributed by atoms with Crippen molar-refractivity contribution in [1.82, 2.24) is 5.32 Å².